The average Bonchev–Trinajstić information content (AvgIpc) is 3.10. The molecule has 1 amide bonds. The maximum absolute atomic E-state index is 12.2. The van der Waals surface area contributed by atoms with E-state index in [9.17, 15) is 9.59 Å². The van der Waals surface area contributed by atoms with Gasteiger partial charge in [0.25, 0.3) is 5.91 Å². The molecule has 0 aliphatic heterocycles. The number of methoxy groups -OCH3 is 1. The molecule has 3 rings (SSSR count). The summed E-state index contributed by atoms with van der Waals surface area (Å²) in [5.41, 5.74) is 1.47. The van der Waals surface area contributed by atoms with Crippen LogP contribution in [0.3, 0.4) is 0 Å². The summed E-state index contributed by atoms with van der Waals surface area (Å²) in [7, 11) is 3.22. The SMILES string of the molecule is COc1ccccc1CN(C)C(=O)COC(=O)c1cc2ccccc2o1. The van der Waals surface area contributed by atoms with Gasteiger partial charge in [-0.05, 0) is 18.2 Å². The van der Waals surface area contributed by atoms with Crippen LogP contribution in [0.15, 0.2) is 59.0 Å². The van der Waals surface area contributed by atoms with Crippen molar-refractivity contribution in [2.45, 2.75) is 6.54 Å². The molecule has 0 atom stereocenters. The predicted molar refractivity (Wildman–Crippen MR) is 96.0 cm³/mol. The molecule has 0 aliphatic carbocycles. The zero-order chi connectivity index (χ0) is 18.5. The van der Waals surface area contributed by atoms with Crippen LogP contribution >= 0.6 is 0 Å². The minimum absolute atomic E-state index is 0.0754. The number of hydrogen-bond donors (Lipinski definition) is 0. The van der Waals surface area contributed by atoms with Crippen LogP contribution < -0.4 is 4.74 Å². The fraction of sp³-hybridized carbons (Fsp3) is 0.200. The summed E-state index contributed by atoms with van der Waals surface area (Å²) in [6.07, 6.45) is 0. The van der Waals surface area contributed by atoms with Crippen molar-refractivity contribution in [3.05, 3.63) is 65.9 Å². The van der Waals surface area contributed by atoms with E-state index in [4.69, 9.17) is 13.9 Å². The number of rotatable bonds is 6. The summed E-state index contributed by atoms with van der Waals surface area (Å²) in [6.45, 7) is -0.00738. The topological polar surface area (TPSA) is 69.0 Å². The normalized spacial score (nSPS) is 10.5. The van der Waals surface area contributed by atoms with E-state index in [1.54, 1.807) is 26.3 Å². The number of hydrogen-bond acceptors (Lipinski definition) is 5. The summed E-state index contributed by atoms with van der Waals surface area (Å²) < 4.78 is 15.8. The maximum Gasteiger partial charge on any atom is 0.374 e. The molecular formula is C20H19NO5. The molecule has 0 unspecified atom stereocenters. The van der Waals surface area contributed by atoms with E-state index < -0.39 is 5.97 Å². The molecular weight excluding hydrogens is 334 g/mol. The second-order valence-electron chi connectivity index (χ2n) is 5.79. The van der Waals surface area contributed by atoms with Gasteiger partial charge in [-0.15, -0.1) is 0 Å². The molecule has 0 saturated heterocycles. The lowest BCUT2D eigenvalue weighted by atomic mass is 10.2. The predicted octanol–water partition coefficient (Wildman–Crippen LogP) is 3.26. The Kier molecular flexibility index (Phi) is 5.22. The van der Waals surface area contributed by atoms with Gasteiger partial charge >= 0.3 is 5.97 Å². The van der Waals surface area contributed by atoms with Crippen LogP contribution in [0, 0.1) is 0 Å². The number of para-hydroxylation sites is 2. The van der Waals surface area contributed by atoms with Crippen LogP contribution in [0.4, 0.5) is 0 Å². The minimum Gasteiger partial charge on any atom is -0.496 e. The third kappa shape index (κ3) is 3.85. The molecule has 2 aromatic carbocycles. The number of amides is 1. The Morgan fingerprint density at radius 1 is 1.08 bits per heavy atom. The monoisotopic (exact) mass is 353 g/mol. The number of nitrogens with zero attached hydrogens (tertiary/aromatic N) is 1. The Hall–Kier alpha value is -3.28. The van der Waals surface area contributed by atoms with Crippen molar-refractivity contribution in [2.24, 2.45) is 0 Å². The molecule has 1 heterocycles. The van der Waals surface area contributed by atoms with Gasteiger partial charge in [0.15, 0.2) is 6.61 Å². The van der Waals surface area contributed by atoms with Crippen LogP contribution in [-0.2, 0) is 16.1 Å². The number of ether oxygens (including phenoxy) is 2. The number of fused-ring (bicyclic) bond motifs is 1. The van der Waals surface area contributed by atoms with E-state index in [1.165, 1.54) is 4.90 Å². The summed E-state index contributed by atoms with van der Waals surface area (Å²) in [6, 6.07) is 16.3. The zero-order valence-electron chi connectivity index (χ0n) is 14.6. The third-order valence-electron chi connectivity index (χ3n) is 3.98. The van der Waals surface area contributed by atoms with Crippen molar-refractivity contribution < 1.29 is 23.5 Å². The van der Waals surface area contributed by atoms with Crippen molar-refractivity contribution in [1.82, 2.24) is 4.90 Å². The fourth-order valence-electron chi connectivity index (χ4n) is 2.57. The number of benzene rings is 2. The Bertz CT molecular complexity index is 898. The molecule has 0 fully saturated rings. The molecule has 0 spiro atoms. The first-order valence-corrected chi connectivity index (χ1v) is 8.10. The summed E-state index contributed by atoms with van der Waals surface area (Å²) >= 11 is 0. The molecule has 134 valence electrons. The largest absolute Gasteiger partial charge is 0.496 e. The van der Waals surface area contributed by atoms with Crippen molar-refractivity contribution in [1.29, 1.82) is 0 Å². The second kappa shape index (κ2) is 7.74. The van der Waals surface area contributed by atoms with Crippen LogP contribution in [0.2, 0.25) is 0 Å². The average molecular weight is 353 g/mol. The molecule has 6 heteroatoms. The van der Waals surface area contributed by atoms with E-state index in [0.29, 0.717) is 17.9 Å². The van der Waals surface area contributed by atoms with Gasteiger partial charge in [-0.2, -0.15) is 0 Å². The van der Waals surface area contributed by atoms with E-state index in [-0.39, 0.29) is 18.3 Å². The summed E-state index contributed by atoms with van der Waals surface area (Å²) in [5, 5.41) is 0.805. The van der Waals surface area contributed by atoms with E-state index in [0.717, 1.165) is 10.9 Å². The molecule has 0 bridgehead atoms. The third-order valence-corrected chi connectivity index (χ3v) is 3.98. The first kappa shape index (κ1) is 17.5. The van der Waals surface area contributed by atoms with Gasteiger partial charge in [0.1, 0.15) is 11.3 Å². The van der Waals surface area contributed by atoms with Gasteiger partial charge in [-0.1, -0.05) is 36.4 Å². The number of furan rings is 1. The zero-order valence-corrected chi connectivity index (χ0v) is 14.6. The van der Waals surface area contributed by atoms with Crippen LogP contribution in [0.25, 0.3) is 11.0 Å². The van der Waals surface area contributed by atoms with E-state index in [2.05, 4.69) is 0 Å². The smallest absolute Gasteiger partial charge is 0.374 e. The van der Waals surface area contributed by atoms with Gasteiger partial charge in [0.2, 0.25) is 5.76 Å². The quantitative estimate of drug-likeness (QED) is 0.636. The molecule has 0 radical (unpaired) electrons. The number of carbonyl (C=O) groups excluding carboxylic acids is 2. The van der Waals surface area contributed by atoms with Gasteiger partial charge < -0.3 is 18.8 Å². The minimum atomic E-state index is -0.666. The second-order valence-corrected chi connectivity index (χ2v) is 5.79. The highest BCUT2D eigenvalue weighted by atomic mass is 16.5. The van der Waals surface area contributed by atoms with Crippen molar-refractivity contribution in [3.8, 4) is 5.75 Å². The first-order chi connectivity index (χ1) is 12.6. The Balaban J connectivity index is 1.58. The highest BCUT2D eigenvalue weighted by Gasteiger charge is 2.17. The molecule has 3 aromatic rings. The first-order valence-electron chi connectivity index (χ1n) is 8.10. The number of esters is 1. The van der Waals surface area contributed by atoms with Crippen LogP contribution in [0.1, 0.15) is 16.1 Å². The Labute approximate surface area is 150 Å². The fourth-order valence-corrected chi connectivity index (χ4v) is 2.57. The highest BCUT2D eigenvalue weighted by Crippen LogP contribution is 2.20. The van der Waals surface area contributed by atoms with E-state index in [1.807, 2.05) is 42.5 Å². The molecule has 26 heavy (non-hydrogen) atoms. The highest BCUT2D eigenvalue weighted by molar-refractivity contribution is 5.93. The lowest BCUT2D eigenvalue weighted by molar-refractivity contribution is -0.133. The number of likely N-dealkylation sites (N-methyl/N-ethyl adjacent to an activating group) is 1. The molecule has 0 saturated carbocycles. The number of carbonyl (C=O) groups is 2. The molecule has 0 aliphatic rings. The standard InChI is InChI=1S/C20H19NO5/c1-21(12-15-8-4-5-9-16(15)24-2)19(22)13-25-20(23)18-11-14-7-3-6-10-17(14)26-18/h3-11H,12-13H2,1-2H3. The summed E-state index contributed by atoms with van der Waals surface area (Å²) in [5.74, 6) is -0.210. The lowest BCUT2D eigenvalue weighted by Crippen LogP contribution is -2.30. The van der Waals surface area contributed by atoms with Gasteiger partial charge in [0, 0.05) is 24.5 Å². The molecule has 6 nitrogen and oxygen atoms in total. The Morgan fingerprint density at radius 3 is 2.58 bits per heavy atom. The molecule has 1 aromatic heterocycles. The summed E-state index contributed by atoms with van der Waals surface area (Å²) in [4.78, 5) is 25.8. The van der Waals surface area contributed by atoms with E-state index >= 15 is 0 Å². The maximum atomic E-state index is 12.2. The van der Waals surface area contributed by atoms with Crippen molar-refractivity contribution in [3.63, 3.8) is 0 Å². The van der Waals surface area contributed by atoms with Gasteiger partial charge in [-0.25, -0.2) is 4.79 Å². The van der Waals surface area contributed by atoms with Crippen molar-refractivity contribution in [2.75, 3.05) is 20.8 Å². The van der Waals surface area contributed by atoms with Gasteiger partial charge in [0.05, 0.1) is 7.11 Å². The van der Waals surface area contributed by atoms with Crippen LogP contribution in [0.5, 0.6) is 5.75 Å². The van der Waals surface area contributed by atoms with Crippen molar-refractivity contribution >= 4 is 22.8 Å². The Morgan fingerprint density at radius 2 is 1.81 bits per heavy atom. The van der Waals surface area contributed by atoms with Crippen LogP contribution in [-0.4, -0.2) is 37.5 Å². The lowest BCUT2D eigenvalue weighted by Gasteiger charge is -2.18. The van der Waals surface area contributed by atoms with Gasteiger partial charge in [-0.3, -0.25) is 4.79 Å². The molecule has 0 N–H and O–H groups in total.